The number of non-ortho nitro benzene ring substituents is 1. The number of nitriles is 1. The van der Waals surface area contributed by atoms with Crippen molar-refractivity contribution in [1.82, 2.24) is 4.90 Å². The number of nitro groups is 1. The fourth-order valence-corrected chi connectivity index (χ4v) is 4.30. The zero-order valence-corrected chi connectivity index (χ0v) is 16.1. The van der Waals surface area contributed by atoms with Gasteiger partial charge < -0.3 is 9.64 Å². The van der Waals surface area contributed by atoms with Gasteiger partial charge in [-0.05, 0) is 51.6 Å². The molecule has 0 aliphatic carbocycles. The first-order valence-corrected chi connectivity index (χ1v) is 9.77. The highest BCUT2D eigenvalue weighted by atomic mass is 16.6. The molecule has 2 atom stereocenters. The van der Waals surface area contributed by atoms with E-state index in [1.54, 1.807) is 6.07 Å². The first-order chi connectivity index (χ1) is 13.0. The van der Waals surface area contributed by atoms with E-state index in [1.165, 1.54) is 18.6 Å². The van der Waals surface area contributed by atoms with E-state index in [0.717, 1.165) is 51.3 Å². The number of nitro benzene ring substituents is 1. The smallest absolute Gasteiger partial charge is 0.270 e. The molecule has 0 spiro atoms. The van der Waals surface area contributed by atoms with Crippen molar-refractivity contribution >= 4 is 11.4 Å². The van der Waals surface area contributed by atoms with Gasteiger partial charge in [-0.3, -0.25) is 15.0 Å². The molecule has 27 heavy (non-hydrogen) atoms. The van der Waals surface area contributed by atoms with Crippen LogP contribution in [0.15, 0.2) is 18.2 Å². The van der Waals surface area contributed by atoms with E-state index >= 15 is 0 Å². The molecule has 0 amide bonds. The van der Waals surface area contributed by atoms with Crippen LogP contribution in [0.4, 0.5) is 11.4 Å². The third-order valence-electron chi connectivity index (χ3n) is 5.62. The third-order valence-corrected chi connectivity index (χ3v) is 5.62. The maximum Gasteiger partial charge on any atom is 0.270 e. The number of morpholine rings is 1. The molecule has 7 heteroatoms. The van der Waals surface area contributed by atoms with Crippen LogP contribution < -0.4 is 4.90 Å². The Morgan fingerprint density at radius 1 is 1.26 bits per heavy atom. The molecule has 2 saturated heterocycles. The van der Waals surface area contributed by atoms with Crippen molar-refractivity contribution in [2.75, 3.05) is 37.6 Å². The summed E-state index contributed by atoms with van der Waals surface area (Å²) in [5.74, 6) is 0.693. The summed E-state index contributed by atoms with van der Waals surface area (Å²) in [4.78, 5) is 15.2. The lowest BCUT2D eigenvalue weighted by atomic mass is 9.92. The highest BCUT2D eigenvalue weighted by Crippen LogP contribution is 2.30. The predicted octanol–water partition coefficient (Wildman–Crippen LogP) is 3.18. The van der Waals surface area contributed by atoms with Crippen LogP contribution in [0.25, 0.3) is 0 Å². The summed E-state index contributed by atoms with van der Waals surface area (Å²) < 4.78 is 5.80. The number of ether oxygens (including phenoxy) is 1. The topological polar surface area (TPSA) is 82.6 Å². The van der Waals surface area contributed by atoms with Gasteiger partial charge in [0.15, 0.2) is 0 Å². The Morgan fingerprint density at radius 3 is 2.52 bits per heavy atom. The molecule has 0 aromatic heterocycles. The molecule has 7 nitrogen and oxygen atoms in total. The Balaban J connectivity index is 1.52. The molecule has 0 radical (unpaired) electrons. The fourth-order valence-electron chi connectivity index (χ4n) is 4.30. The van der Waals surface area contributed by atoms with Crippen molar-refractivity contribution in [3.05, 3.63) is 33.9 Å². The van der Waals surface area contributed by atoms with Crippen molar-refractivity contribution in [3.8, 4) is 6.07 Å². The number of nitrogens with zero attached hydrogens (tertiary/aromatic N) is 4. The highest BCUT2D eigenvalue weighted by molar-refractivity contribution is 5.63. The number of piperidine rings is 1. The van der Waals surface area contributed by atoms with Gasteiger partial charge in [-0.1, -0.05) is 0 Å². The summed E-state index contributed by atoms with van der Waals surface area (Å²) in [6, 6.07) is 6.69. The summed E-state index contributed by atoms with van der Waals surface area (Å²) in [6.45, 7) is 9.20. The lowest BCUT2D eigenvalue weighted by Gasteiger charge is -2.38. The van der Waals surface area contributed by atoms with E-state index in [-0.39, 0.29) is 5.69 Å². The van der Waals surface area contributed by atoms with E-state index in [0.29, 0.717) is 23.7 Å². The van der Waals surface area contributed by atoms with E-state index in [1.807, 2.05) is 0 Å². The maximum atomic E-state index is 10.9. The first-order valence-electron chi connectivity index (χ1n) is 9.77. The molecule has 2 aliphatic rings. The Labute approximate surface area is 160 Å². The van der Waals surface area contributed by atoms with E-state index in [9.17, 15) is 15.4 Å². The number of hydrogen-bond donors (Lipinski definition) is 0. The Morgan fingerprint density at radius 2 is 1.93 bits per heavy atom. The van der Waals surface area contributed by atoms with Crippen LogP contribution >= 0.6 is 0 Å². The molecule has 2 aliphatic heterocycles. The van der Waals surface area contributed by atoms with Crippen molar-refractivity contribution in [2.24, 2.45) is 5.92 Å². The summed E-state index contributed by atoms with van der Waals surface area (Å²) in [5, 5.41) is 20.3. The molecule has 0 N–H and O–H groups in total. The predicted molar refractivity (Wildman–Crippen MR) is 104 cm³/mol. The van der Waals surface area contributed by atoms with Gasteiger partial charge in [-0.2, -0.15) is 5.26 Å². The molecule has 2 heterocycles. The van der Waals surface area contributed by atoms with E-state index in [4.69, 9.17) is 4.74 Å². The third kappa shape index (κ3) is 4.96. The van der Waals surface area contributed by atoms with Crippen LogP contribution in [-0.2, 0) is 4.74 Å². The van der Waals surface area contributed by atoms with Crippen LogP contribution in [0.1, 0.15) is 38.7 Å². The molecule has 1 aromatic carbocycles. The maximum absolute atomic E-state index is 10.9. The monoisotopic (exact) mass is 372 g/mol. The van der Waals surface area contributed by atoms with Gasteiger partial charge >= 0.3 is 0 Å². The molecular formula is C20H28N4O3. The largest absolute Gasteiger partial charge is 0.373 e. The van der Waals surface area contributed by atoms with Gasteiger partial charge in [-0.25, -0.2) is 0 Å². The minimum Gasteiger partial charge on any atom is -0.373 e. The molecule has 0 bridgehead atoms. The second kappa shape index (κ2) is 8.68. The molecule has 0 saturated carbocycles. The summed E-state index contributed by atoms with van der Waals surface area (Å²) in [7, 11) is 0. The van der Waals surface area contributed by atoms with Crippen LogP contribution in [0.5, 0.6) is 0 Å². The van der Waals surface area contributed by atoms with Gasteiger partial charge in [0.1, 0.15) is 6.07 Å². The second-order valence-electron chi connectivity index (χ2n) is 7.81. The molecule has 2 unspecified atom stereocenters. The van der Waals surface area contributed by atoms with Gasteiger partial charge in [-0.15, -0.1) is 0 Å². The number of hydrogen-bond acceptors (Lipinski definition) is 6. The molecule has 3 rings (SSSR count). The molecule has 1 aromatic rings. The molecule has 2 fully saturated rings. The fraction of sp³-hybridized carbons (Fsp3) is 0.650. The van der Waals surface area contributed by atoms with E-state index in [2.05, 4.69) is 29.7 Å². The summed E-state index contributed by atoms with van der Waals surface area (Å²) in [6.07, 6.45) is 4.00. The zero-order valence-electron chi connectivity index (χ0n) is 16.1. The minimum absolute atomic E-state index is 0.0286. The highest BCUT2D eigenvalue weighted by Gasteiger charge is 2.25. The average molecular weight is 372 g/mol. The molecule has 146 valence electrons. The standard InChI is InChI=1S/C20H28N4O3/c1-15-13-22(14-16(2)27-15)8-5-17-6-9-23(10-7-17)20-4-3-19(24(25)26)11-18(20)12-21/h3-4,11,15-17H,5-10,13-14H2,1-2H3. The lowest BCUT2D eigenvalue weighted by molar-refractivity contribution is -0.384. The van der Waals surface area contributed by atoms with Crippen molar-refractivity contribution < 1.29 is 9.66 Å². The van der Waals surface area contributed by atoms with Crippen LogP contribution in [0.2, 0.25) is 0 Å². The Bertz CT molecular complexity index is 700. The van der Waals surface area contributed by atoms with Gasteiger partial charge in [0.25, 0.3) is 5.69 Å². The van der Waals surface area contributed by atoms with Crippen molar-refractivity contribution in [3.63, 3.8) is 0 Å². The summed E-state index contributed by atoms with van der Waals surface area (Å²) in [5.41, 5.74) is 1.18. The van der Waals surface area contributed by atoms with Crippen molar-refractivity contribution in [2.45, 2.75) is 45.3 Å². The minimum atomic E-state index is -0.454. The van der Waals surface area contributed by atoms with Gasteiger partial charge in [0.2, 0.25) is 0 Å². The lowest BCUT2D eigenvalue weighted by Crippen LogP contribution is -2.46. The summed E-state index contributed by atoms with van der Waals surface area (Å²) >= 11 is 0. The molecular weight excluding hydrogens is 344 g/mol. The number of rotatable bonds is 5. The first kappa shape index (κ1) is 19.6. The normalized spacial score (nSPS) is 24.6. The average Bonchev–Trinajstić information content (AvgIpc) is 2.65. The number of benzene rings is 1. The van der Waals surface area contributed by atoms with E-state index < -0.39 is 4.92 Å². The quantitative estimate of drug-likeness (QED) is 0.583. The van der Waals surface area contributed by atoms with Gasteiger partial charge in [0.05, 0.1) is 28.4 Å². The number of anilines is 1. The van der Waals surface area contributed by atoms with Crippen LogP contribution in [-0.4, -0.2) is 54.8 Å². The van der Waals surface area contributed by atoms with Crippen LogP contribution in [0.3, 0.4) is 0 Å². The Kier molecular flexibility index (Phi) is 6.30. The zero-order chi connectivity index (χ0) is 19.4. The Hall–Kier alpha value is -2.17. The second-order valence-corrected chi connectivity index (χ2v) is 7.81. The van der Waals surface area contributed by atoms with Crippen LogP contribution in [0, 0.1) is 27.4 Å². The van der Waals surface area contributed by atoms with Crippen molar-refractivity contribution in [1.29, 1.82) is 5.26 Å². The van der Waals surface area contributed by atoms with Gasteiger partial charge in [0, 0.05) is 38.3 Å². The SMILES string of the molecule is CC1CN(CCC2CCN(c3ccc([N+](=O)[O-])cc3C#N)CC2)CC(C)O1.